The summed E-state index contributed by atoms with van der Waals surface area (Å²) in [5, 5.41) is 0. The summed E-state index contributed by atoms with van der Waals surface area (Å²) in [6.45, 7) is 1.60. The van der Waals surface area contributed by atoms with Crippen LogP contribution in [0.15, 0.2) is 47.4 Å². The van der Waals surface area contributed by atoms with Gasteiger partial charge >= 0.3 is 0 Å². The van der Waals surface area contributed by atoms with Crippen molar-refractivity contribution in [1.29, 1.82) is 0 Å². The maximum atomic E-state index is 13.6. The number of nitrogens with two attached hydrogens (primary N) is 1. The van der Waals surface area contributed by atoms with Crippen molar-refractivity contribution in [3.05, 3.63) is 59.7 Å². The topological polar surface area (TPSA) is 72.2 Å². The van der Waals surface area contributed by atoms with Gasteiger partial charge in [0.05, 0.1) is 0 Å². The van der Waals surface area contributed by atoms with Gasteiger partial charge in [-0.3, -0.25) is 0 Å². The van der Waals surface area contributed by atoms with Crippen LogP contribution in [0.4, 0.5) is 14.5 Å². The van der Waals surface area contributed by atoms with E-state index in [1.807, 2.05) is 0 Å². The highest BCUT2D eigenvalue weighted by molar-refractivity contribution is 7.89. The van der Waals surface area contributed by atoms with Crippen LogP contribution in [0.25, 0.3) is 0 Å². The maximum Gasteiger partial charge on any atom is 0.244 e. The summed E-state index contributed by atoms with van der Waals surface area (Å²) in [7, 11) is -4.17. The van der Waals surface area contributed by atoms with Crippen molar-refractivity contribution in [2.75, 3.05) is 5.73 Å². The van der Waals surface area contributed by atoms with Crippen LogP contribution in [0.2, 0.25) is 0 Å². The Morgan fingerprint density at radius 2 is 1.71 bits per heavy atom. The van der Waals surface area contributed by atoms with E-state index in [1.165, 1.54) is 0 Å². The molecule has 4 nitrogen and oxygen atoms in total. The fourth-order valence-corrected chi connectivity index (χ4v) is 3.15. The molecule has 0 amide bonds. The summed E-state index contributed by atoms with van der Waals surface area (Å²) in [5.74, 6) is -1.83. The van der Waals surface area contributed by atoms with Gasteiger partial charge in [0.1, 0.15) is 16.5 Å². The molecule has 2 rings (SSSR count). The van der Waals surface area contributed by atoms with Crippen LogP contribution >= 0.6 is 0 Å². The summed E-state index contributed by atoms with van der Waals surface area (Å²) < 4.78 is 53.2. The number of nitrogen functional groups attached to an aromatic ring is 1. The molecule has 1 atom stereocenters. The van der Waals surface area contributed by atoms with Crippen molar-refractivity contribution in [2.45, 2.75) is 17.9 Å². The smallest absolute Gasteiger partial charge is 0.244 e. The van der Waals surface area contributed by atoms with E-state index in [1.54, 1.807) is 31.2 Å². The van der Waals surface area contributed by atoms with Crippen LogP contribution in [0.5, 0.6) is 0 Å². The molecule has 7 heteroatoms. The lowest BCUT2D eigenvalue weighted by Crippen LogP contribution is -2.27. The second-order valence-electron chi connectivity index (χ2n) is 4.58. The number of sulfonamides is 1. The lowest BCUT2D eigenvalue weighted by molar-refractivity contribution is 0.538. The van der Waals surface area contributed by atoms with E-state index in [9.17, 15) is 17.2 Å². The fourth-order valence-electron chi connectivity index (χ4n) is 1.83. The first-order chi connectivity index (χ1) is 9.79. The minimum absolute atomic E-state index is 0.546. The fraction of sp³-hybridized carbons (Fsp3) is 0.143. The third kappa shape index (κ3) is 3.56. The number of benzene rings is 2. The normalized spacial score (nSPS) is 13.1. The molecule has 0 spiro atoms. The first-order valence-corrected chi connectivity index (χ1v) is 7.61. The largest absolute Gasteiger partial charge is 0.399 e. The highest BCUT2D eigenvalue weighted by Gasteiger charge is 2.22. The molecular formula is C14H14F2N2O2S. The van der Waals surface area contributed by atoms with E-state index in [0.717, 1.165) is 12.1 Å². The SMILES string of the molecule is CC(NS(=O)(=O)c1cc(F)ccc1F)c1ccc(N)cc1. The zero-order chi connectivity index (χ0) is 15.6. The van der Waals surface area contributed by atoms with E-state index >= 15 is 0 Å². The van der Waals surface area contributed by atoms with Gasteiger partial charge in [0, 0.05) is 11.7 Å². The van der Waals surface area contributed by atoms with E-state index in [0.29, 0.717) is 17.3 Å². The molecule has 2 aromatic rings. The van der Waals surface area contributed by atoms with Gasteiger partial charge < -0.3 is 5.73 Å². The average Bonchev–Trinajstić information content (AvgIpc) is 2.41. The first kappa shape index (κ1) is 15.4. The van der Waals surface area contributed by atoms with Crippen LogP contribution in [-0.2, 0) is 10.0 Å². The molecule has 3 N–H and O–H groups in total. The quantitative estimate of drug-likeness (QED) is 0.852. The van der Waals surface area contributed by atoms with Gasteiger partial charge in [-0.05, 0) is 42.8 Å². The maximum absolute atomic E-state index is 13.6. The predicted octanol–water partition coefficient (Wildman–Crippen LogP) is 2.59. The third-order valence-electron chi connectivity index (χ3n) is 2.95. The van der Waals surface area contributed by atoms with Crippen molar-refractivity contribution < 1.29 is 17.2 Å². The Kier molecular flexibility index (Phi) is 4.24. The zero-order valence-corrected chi connectivity index (χ0v) is 12.0. The van der Waals surface area contributed by atoms with Gasteiger partial charge in [-0.15, -0.1) is 0 Å². The van der Waals surface area contributed by atoms with Crippen LogP contribution < -0.4 is 10.5 Å². The summed E-state index contributed by atoms with van der Waals surface area (Å²) >= 11 is 0. The molecule has 0 aliphatic heterocycles. The number of hydrogen-bond acceptors (Lipinski definition) is 3. The second-order valence-corrected chi connectivity index (χ2v) is 6.27. The molecular weight excluding hydrogens is 298 g/mol. The molecule has 0 aromatic heterocycles. The van der Waals surface area contributed by atoms with Gasteiger partial charge in [0.25, 0.3) is 0 Å². The number of anilines is 1. The minimum Gasteiger partial charge on any atom is -0.399 e. The van der Waals surface area contributed by atoms with Crippen molar-refractivity contribution in [3.8, 4) is 0 Å². The molecule has 0 fully saturated rings. The molecule has 0 heterocycles. The summed E-state index contributed by atoms with van der Waals surface area (Å²) in [6.07, 6.45) is 0. The molecule has 21 heavy (non-hydrogen) atoms. The van der Waals surface area contributed by atoms with E-state index in [4.69, 9.17) is 5.73 Å². The lowest BCUT2D eigenvalue weighted by atomic mass is 10.1. The van der Waals surface area contributed by atoms with Crippen molar-refractivity contribution in [1.82, 2.24) is 4.72 Å². The van der Waals surface area contributed by atoms with Crippen LogP contribution in [-0.4, -0.2) is 8.42 Å². The number of rotatable bonds is 4. The highest BCUT2D eigenvalue weighted by Crippen LogP contribution is 2.20. The summed E-state index contributed by atoms with van der Waals surface area (Å²) in [4.78, 5) is -0.718. The zero-order valence-electron chi connectivity index (χ0n) is 11.2. The van der Waals surface area contributed by atoms with Crippen LogP contribution in [0.3, 0.4) is 0 Å². The van der Waals surface area contributed by atoms with Gasteiger partial charge in [0.2, 0.25) is 10.0 Å². The molecule has 1 unspecified atom stereocenters. The van der Waals surface area contributed by atoms with Crippen molar-refractivity contribution in [2.24, 2.45) is 0 Å². The number of halogens is 2. The molecule has 0 saturated carbocycles. The van der Waals surface area contributed by atoms with Crippen LogP contribution in [0.1, 0.15) is 18.5 Å². The first-order valence-electron chi connectivity index (χ1n) is 6.12. The highest BCUT2D eigenvalue weighted by atomic mass is 32.2. The Labute approximate surface area is 121 Å². The summed E-state index contributed by atoms with van der Waals surface area (Å²) in [6, 6.07) is 8.24. The van der Waals surface area contributed by atoms with Crippen molar-refractivity contribution >= 4 is 15.7 Å². The van der Waals surface area contributed by atoms with E-state index < -0.39 is 32.6 Å². The molecule has 0 radical (unpaired) electrons. The van der Waals surface area contributed by atoms with Crippen LogP contribution in [0, 0.1) is 11.6 Å². The van der Waals surface area contributed by atoms with Gasteiger partial charge in [-0.25, -0.2) is 21.9 Å². The van der Waals surface area contributed by atoms with E-state index in [2.05, 4.69) is 4.72 Å². The Hall–Kier alpha value is -1.99. The number of nitrogens with one attached hydrogen (secondary N) is 1. The Morgan fingerprint density at radius 3 is 2.33 bits per heavy atom. The molecule has 112 valence electrons. The molecule has 0 bridgehead atoms. The molecule has 2 aromatic carbocycles. The Morgan fingerprint density at radius 1 is 1.10 bits per heavy atom. The number of hydrogen-bond donors (Lipinski definition) is 2. The monoisotopic (exact) mass is 312 g/mol. The second kappa shape index (κ2) is 5.79. The summed E-state index contributed by atoms with van der Waals surface area (Å²) in [5.41, 5.74) is 6.76. The van der Waals surface area contributed by atoms with Crippen molar-refractivity contribution in [3.63, 3.8) is 0 Å². The third-order valence-corrected chi connectivity index (χ3v) is 4.51. The molecule has 0 aliphatic carbocycles. The van der Waals surface area contributed by atoms with Gasteiger partial charge in [-0.2, -0.15) is 0 Å². The lowest BCUT2D eigenvalue weighted by Gasteiger charge is -2.15. The predicted molar refractivity (Wildman–Crippen MR) is 75.9 cm³/mol. The standard InChI is InChI=1S/C14H14F2N2O2S/c1-9(10-2-5-12(17)6-3-10)18-21(19,20)14-8-11(15)4-7-13(14)16/h2-9,18H,17H2,1H3. The van der Waals surface area contributed by atoms with Gasteiger partial charge in [-0.1, -0.05) is 12.1 Å². The minimum atomic E-state index is -4.17. The van der Waals surface area contributed by atoms with E-state index in [-0.39, 0.29) is 0 Å². The average molecular weight is 312 g/mol. The molecule has 0 aliphatic rings. The van der Waals surface area contributed by atoms with Gasteiger partial charge in [0.15, 0.2) is 0 Å². The Balaban J connectivity index is 2.28. The Bertz CT molecular complexity index is 746. The molecule has 0 saturated heterocycles.